The van der Waals surface area contributed by atoms with Gasteiger partial charge in [0, 0.05) is 51.8 Å². The maximum absolute atomic E-state index is 13.4. The summed E-state index contributed by atoms with van der Waals surface area (Å²) in [5, 5.41) is 0. The molecule has 8 rings (SSSR count). The Labute approximate surface area is 351 Å². The molecule has 0 aromatic heterocycles. The van der Waals surface area contributed by atoms with E-state index < -0.39 is 5.97 Å². The van der Waals surface area contributed by atoms with E-state index in [1.54, 1.807) is 32.2 Å². The summed E-state index contributed by atoms with van der Waals surface area (Å²) in [7, 11) is 1.69. The van der Waals surface area contributed by atoms with Crippen LogP contribution in [-0.2, 0) is 0 Å². The molecule has 6 heteroatoms. The summed E-state index contributed by atoms with van der Waals surface area (Å²) in [5.41, 5.74) is 13.5. The summed E-state index contributed by atoms with van der Waals surface area (Å²) >= 11 is 0. The highest BCUT2D eigenvalue weighted by Crippen LogP contribution is 2.41. The first-order valence-corrected chi connectivity index (χ1v) is 19.9. The molecule has 0 aliphatic rings. The van der Waals surface area contributed by atoms with E-state index in [9.17, 15) is 9.59 Å². The molecular weight excluding hydrogens is 741 g/mol. The highest BCUT2D eigenvalue weighted by Gasteiger charge is 2.19. The predicted molar refractivity (Wildman–Crippen MR) is 244 cm³/mol. The SMILES string of the molecule is COc1cccc(N(c2ccccc2)c2ccc(-c3ccc(N(c4ccccc4)c4cccc(OC(=O)c5ccc(-c6ccc(C(C)=O)cc6)cc5)c4)cc3C)c(C)c2)c1. The summed E-state index contributed by atoms with van der Waals surface area (Å²) in [6.07, 6.45) is 0. The number of hydrogen-bond acceptors (Lipinski definition) is 6. The molecule has 0 amide bonds. The molecule has 0 saturated carbocycles. The minimum absolute atomic E-state index is 0.0225. The molecule has 0 atom stereocenters. The van der Waals surface area contributed by atoms with E-state index >= 15 is 0 Å². The largest absolute Gasteiger partial charge is 0.497 e. The van der Waals surface area contributed by atoms with Crippen molar-refractivity contribution in [2.45, 2.75) is 20.8 Å². The summed E-state index contributed by atoms with van der Waals surface area (Å²) in [6.45, 7) is 5.86. The topological polar surface area (TPSA) is 59.1 Å². The van der Waals surface area contributed by atoms with Gasteiger partial charge in [0.2, 0.25) is 0 Å². The summed E-state index contributed by atoms with van der Waals surface area (Å²) < 4.78 is 11.5. The number of aryl methyl sites for hydroxylation is 2. The van der Waals surface area contributed by atoms with Crippen molar-refractivity contribution in [1.82, 2.24) is 0 Å². The molecule has 0 aliphatic heterocycles. The van der Waals surface area contributed by atoms with Crippen molar-refractivity contribution in [3.63, 3.8) is 0 Å². The highest BCUT2D eigenvalue weighted by atomic mass is 16.5. The number of ether oxygens (including phenoxy) is 2. The molecule has 0 unspecified atom stereocenters. The van der Waals surface area contributed by atoms with Crippen LogP contribution in [0.3, 0.4) is 0 Å². The van der Waals surface area contributed by atoms with Crippen molar-refractivity contribution < 1.29 is 19.1 Å². The van der Waals surface area contributed by atoms with Crippen LogP contribution in [0.2, 0.25) is 0 Å². The third-order valence-corrected chi connectivity index (χ3v) is 10.6. The number of nitrogens with zero attached hydrogens (tertiary/aromatic N) is 2. The van der Waals surface area contributed by atoms with E-state index in [0.29, 0.717) is 16.9 Å². The van der Waals surface area contributed by atoms with Crippen LogP contribution in [0.15, 0.2) is 194 Å². The van der Waals surface area contributed by atoms with Crippen LogP contribution in [0.25, 0.3) is 22.3 Å². The summed E-state index contributed by atoms with van der Waals surface area (Å²) in [5.74, 6) is 0.806. The van der Waals surface area contributed by atoms with E-state index in [4.69, 9.17) is 9.47 Å². The van der Waals surface area contributed by atoms with Gasteiger partial charge in [-0.25, -0.2) is 4.79 Å². The number of rotatable bonds is 12. The van der Waals surface area contributed by atoms with E-state index in [1.807, 2.05) is 91.0 Å². The van der Waals surface area contributed by atoms with Gasteiger partial charge in [0.1, 0.15) is 11.5 Å². The minimum atomic E-state index is -0.450. The lowest BCUT2D eigenvalue weighted by Gasteiger charge is -2.27. The maximum atomic E-state index is 13.4. The van der Waals surface area contributed by atoms with Crippen molar-refractivity contribution in [2.24, 2.45) is 0 Å². The Kier molecular flexibility index (Phi) is 11.4. The van der Waals surface area contributed by atoms with Crippen molar-refractivity contribution in [3.05, 3.63) is 216 Å². The standard InChI is InChI=1S/C54H44N2O4/c1-37-33-48(55(44-13-7-5-8-14-44)46-17-11-19-50(35-46)59-4)29-31-52(37)53-32-30-49(34-38(53)2)56(45-15-9-6-10-16-45)47-18-12-20-51(36-47)60-54(58)43-27-25-42(26-28-43)41-23-21-40(22-24-41)39(3)57/h5-36H,1-4H3. The fourth-order valence-corrected chi connectivity index (χ4v) is 7.52. The van der Waals surface area contributed by atoms with Crippen molar-refractivity contribution in [1.29, 1.82) is 0 Å². The Bertz CT molecular complexity index is 2780. The molecule has 0 saturated heterocycles. The van der Waals surface area contributed by atoms with Gasteiger partial charge in [0.25, 0.3) is 0 Å². The number of ketones is 1. The lowest BCUT2D eigenvalue weighted by Crippen LogP contribution is -2.12. The van der Waals surface area contributed by atoms with E-state index in [2.05, 4.69) is 109 Å². The van der Waals surface area contributed by atoms with Gasteiger partial charge in [-0.05, 0) is 139 Å². The molecule has 0 N–H and O–H groups in total. The number of hydrogen-bond donors (Lipinski definition) is 0. The van der Waals surface area contributed by atoms with E-state index in [-0.39, 0.29) is 5.78 Å². The fraction of sp³-hybridized carbons (Fsp3) is 0.0741. The second-order valence-electron chi connectivity index (χ2n) is 14.6. The smallest absolute Gasteiger partial charge is 0.343 e. The van der Waals surface area contributed by atoms with Gasteiger partial charge in [0.05, 0.1) is 12.7 Å². The number of benzene rings is 8. The highest BCUT2D eigenvalue weighted by molar-refractivity contribution is 5.95. The number of carbonyl (C=O) groups excluding carboxylic acids is 2. The van der Waals surface area contributed by atoms with Gasteiger partial charge >= 0.3 is 5.97 Å². The molecule has 60 heavy (non-hydrogen) atoms. The van der Waals surface area contributed by atoms with Gasteiger partial charge in [-0.2, -0.15) is 0 Å². The molecule has 294 valence electrons. The molecule has 8 aromatic rings. The first kappa shape index (κ1) is 39.1. The van der Waals surface area contributed by atoms with Gasteiger partial charge in [-0.3, -0.25) is 4.79 Å². The zero-order valence-electron chi connectivity index (χ0n) is 34.0. The Morgan fingerprint density at radius 3 is 1.28 bits per heavy atom. The van der Waals surface area contributed by atoms with Crippen molar-refractivity contribution >= 4 is 45.9 Å². The normalized spacial score (nSPS) is 10.8. The van der Waals surface area contributed by atoms with Gasteiger partial charge in [0.15, 0.2) is 5.78 Å². The summed E-state index contributed by atoms with van der Waals surface area (Å²) in [4.78, 5) is 29.5. The number of esters is 1. The average molecular weight is 785 g/mol. The lowest BCUT2D eigenvalue weighted by atomic mass is 9.95. The monoisotopic (exact) mass is 784 g/mol. The first-order valence-electron chi connectivity index (χ1n) is 19.9. The predicted octanol–water partition coefficient (Wildman–Crippen LogP) is 14.0. The van der Waals surface area contributed by atoms with Crippen LogP contribution in [0, 0.1) is 13.8 Å². The zero-order chi connectivity index (χ0) is 41.6. The molecule has 8 aromatic carbocycles. The molecular formula is C54H44N2O4. The van der Waals surface area contributed by atoms with E-state index in [0.717, 1.165) is 73.3 Å². The Hall–Kier alpha value is -7.70. The Balaban J connectivity index is 1.06. The molecule has 6 nitrogen and oxygen atoms in total. The van der Waals surface area contributed by atoms with Gasteiger partial charge in [-0.1, -0.05) is 97.1 Å². The maximum Gasteiger partial charge on any atom is 0.343 e. The quantitative estimate of drug-likeness (QED) is 0.0698. The zero-order valence-corrected chi connectivity index (χ0v) is 34.0. The molecule has 0 bridgehead atoms. The third-order valence-electron chi connectivity index (χ3n) is 10.6. The first-order chi connectivity index (χ1) is 29.2. The average Bonchev–Trinajstić information content (AvgIpc) is 3.28. The third kappa shape index (κ3) is 8.45. The van der Waals surface area contributed by atoms with Crippen LogP contribution >= 0.6 is 0 Å². The summed E-state index contributed by atoms with van der Waals surface area (Å²) in [6, 6.07) is 64.1. The molecule has 0 heterocycles. The Morgan fingerprint density at radius 2 is 0.833 bits per heavy atom. The van der Waals surface area contributed by atoms with Crippen LogP contribution in [0.4, 0.5) is 34.1 Å². The number of anilines is 6. The molecule has 0 radical (unpaired) electrons. The fourth-order valence-electron chi connectivity index (χ4n) is 7.52. The molecule has 0 fully saturated rings. The number of para-hydroxylation sites is 2. The molecule has 0 spiro atoms. The van der Waals surface area contributed by atoms with E-state index in [1.165, 1.54) is 0 Å². The van der Waals surface area contributed by atoms with Crippen molar-refractivity contribution in [3.8, 4) is 33.8 Å². The van der Waals surface area contributed by atoms with Crippen molar-refractivity contribution in [2.75, 3.05) is 16.9 Å². The minimum Gasteiger partial charge on any atom is -0.497 e. The van der Waals surface area contributed by atoms with Crippen LogP contribution < -0.4 is 19.3 Å². The van der Waals surface area contributed by atoms with Crippen LogP contribution in [-0.4, -0.2) is 18.9 Å². The number of methoxy groups -OCH3 is 1. The number of carbonyl (C=O) groups is 2. The second-order valence-corrected chi connectivity index (χ2v) is 14.6. The van der Waals surface area contributed by atoms with Crippen LogP contribution in [0.5, 0.6) is 11.5 Å². The lowest BCUT2D eigenvalue weighted by molar-refractivity contribution is 0.0734. The second kappa shape index (κ2) is 17.4. The van der Waals surface area contributed by atoms with Gasteiger partial charge in [-0.15, -0.1) is 0 Å². The Morgan fingerprint density at radius 1 is 0.417 bits per heavy atom. The number of Topliss-reactive ketones (excluding diaryl/α,β-unsaturated/α-hetero) is 1. The molecule has 0 aliphatic carbocycles. The van der Waals surface area contributed by atoms with Gasteiger partial charge < -0.3 is 19.3 Å². The van der Waals surface area contributed by atoms with Crippen LogP contribution in [0.1, 0.15) is 38.8 Å².